The number of phenols is 1. The number of thiocarbonyl (C=S) groups is 1. The third-order valence-corrected chi connectivity index (χ3v) is 3.67. The molecule has 0 heterocycles. The van der Waals surface area contributed by atoms with Gasteiger partial charge < -0.3 is 19.9 Å². The molecule has 0 aliphatic carbocycles. The normalized spacial score (nSPS) is 10.2. The van der Waals surface area contributed by atoms with Crippen LogP contribution < -0.4 is 15.4 Å². The van der Waals surface area contributed by atoms with Crippen LogP contribution in [0.5, 0.6) is 11.5 Å². The van der Waals surface area contributed by atoms with Gasteiger partial charge >= 0.3 is 0 Å². The van der Waals surface area contributed by atoms with Crippen LogP contribution in [0.1, 0.15) is 17.3 Å². The van der Waals surface area contributed by atoms with Crippen molar-refractivity contribution >= 4 is 34.6 Å². The predicted molar refractivity (Wildman–Crippen MR) is 107 cm³/mol. The van der Waals surface area contributed by atoms with E-state index in [9.17, 15) is 20.0 Å². The molecule has 0 saturated carbocycles. The number of nitro groups is 1. The van der Waals surface area contributed by atoms with Crippen LogP contribution >= 0.6 is 12.2 Å². The van der Waals surface area contributed by atoms with Crippen LogP contribution in [0.25, 0.3) is 0 Å². The molecule has 0 aliphatic rings. The quantitative estimate of drug-likeness (QED) is 0.201. The number of carbonyl (C=O) groups is 1. The standard InChI is InChI=1S/C18H19N3O6S/c1-2-26-8-9-27-14-5-3-4-12(10-14)17(23)20-18(28)19-15-11-13(21(24)25)6-7-16(15)22/h3-7,10-11,22H,2,8-9H2,1H3,(H2,19,20,23,28). The summed E-state index contributed by atoms with van der Waals surface area (Å²) in [5.74, 6) is -0.243. The third kappa shape index (κ3) is 6.18. The van der Waals surface area contributed by atoms with Crippen LogP contribution in [-0.4, -0.2) is 40.9 Å². The summed E-state index contributed by atoms with van der Waals surface area (Å²) in [4.78, 5) is 22.6. The van der Waals surface area contributed by atoms with E-state index in [1.54, 1.807) is 24.3 Å². The molecule has 2 aromatic rings. The number of hydrogen-bond acceptors (Lipinski definition) is 7. The first-order valence-corrected chi connectivity index (χ1v) is 8.72. The average molecular weight is 405 g/mol. The zero-order valence-corrected chi connectivity index (χ0v) is 15.8. The van der Waals surface area contributed by atoms with Crippen LogP contribution in [-0.2, 0) is 4.74 Å². The maximum Gasteiger partial charge on any atom is 0.271 e. The number of phenolic OH excluding ortho intramolecular Hbond substituents is 1. The Labute approximate surface area is 166 Å². The molecule has 0 aliphatic heterocycles. The number of anilines is 1. The molecule has 0 atom stereocenters. The molecule has 1 amide bonds. The molecular weight excluding hydrogens is 386 g/mol. The zero-order valence-electron chi connectivity index (χ0n) is 15.0. The Balaban J connectivity index is 1.98. The average Bonchev–Trinajstić information content (AvgIpc) is 2.67. The number of ether oxygens (including phenoxy) is 2. The summed E-state index contributed by atoms with van der Waals surface area (Å²) in [6, 6.07) is 9.93. The predicted octanol–water partition coefficient (Wildman–Crippen LogP) is 2.84. The maximum atomic E-state index is 12.3. The number of aromatic hydroxyl groups is 1. The van der Waals surface area contributed by atoms with Gasteiger partial charge in [0.15, 0.2) is 5.11 Å². The summed E-state index contributed by atoms with van der Waals surface area (Å²) in [7, 11) is 0. The van der Waals surface area contributed by atoms with Gasteiger partial charge in [0.1, 0.15) is 18.1 Å². The smallest absolute Gasteiger partial charge is 0.271 e. The second-order valence-electron chi connectivity index (χ2n) is 5.44. The van der Waals surface area contributed by atoms with E-state index < -0.39 is 10.8 Å². The molecule has 2 rings (SSSR count). The Morgan fingerprint density at radius 2 is 2.04 bits per heavy atom. The number of amides is 1. The number of benzene rings is 2. The van der Waals surface area contributed by atoms with E-state index in [1.165, 1.54) is 0 Å². The Kier molecular flexibility index (Phi) is 7.66. The number of nitrogens with zero attached hydrogens (tertiary/aromatic N) is 1. The first-order chi connectivity index (χ1) is 13.4. The van der Waals surface area contributed by atoms with Gasteiger partial charge in [-0.05, 0) is 43.4 Å². The summed E-state index contributed by atoms with van der Waals surface area (Å²) >= 11 is 5.04. The van der Waals surface area contributed by atoms with E-state index in [0.717, 1.165) is 18.2 Å². The first kappa shape index (κ1) is 21.1. The highest BCUT2D eigenvalue weighted by molar-refractivity contribution is 7.80. The summed E-state index contributed by atoms with van der Waals surface area (Å²) in [5.41, 5.74) is 0.0835. The minimum Gasteiger partial charge on any atom is -0.506 e. The van der Waals surface area contributed by atoms with Crippen molar-refractivity contribution in [3.63, 3.8) is 0 Å². The topological polar surface area (TPSA) is 123 Å². The van der Waals surface area contributed by atoms with Gasteiger partial charge in [-0.15, -0.1) is 0 Å². The molecule has 0 fully saturated rings. The van der Waals surface area contributed by atoms with Gasteiger partial charge in [-0.1, -0.05) is 6.07 Å². The number of rotatable bonds is 8. The minimum absolute atomic E-state index is 0.00695. The molecular formula is C18H19N3O6S. The third-order valence-electron chi connectivity index (χ3n) is 3.46. The molecule has 2 aromatic carbocycles. The van der Waals surface area contributed by atoms with Crippen LogP contribution in [0.2, 0.25) is 0 Å². The van der Waals surface area contributed by atoms with E-state index in [-0.39, 0.29) is 22.2 Å². The number of nitrogens with one attached hydrogen (secondary N) is 2. The largest absolute Gasteiger partial charge is 0.506 e. The summed E-state index contributed by atoms with van der Waals surface area (Å²) in [6.45, 7) is 3.27. The number of non-ortho nitro benzene ring substituents is 1. The van der Waals surface area contributed by atoms with Gasteiger partial charge in [-0.3, -0.25) is 20.2 Å². The molecule has 0 bridgehead atoms. The Morgan fingerprint density at radius 1 is 1.25 bits per heavy atom. The Morgan fingerprint density at radius 3 is 2.75 bits per heavy atom. The SMILES string of the molecule is CCOCCOc1cccc(C(=O)NC(=S)Nc2cc([N+](=O)[O-])ccc2O)c1. The molecule has 10 heteroatoms. The molecule has 148 valence electrons. The van der Waals surface area contributed by atoms with E-state index in [2.05, 4.69) is 10.6 Å². The monoisotopic (exact) mass is 405 g/mol. The number of hydrogen-bond donors (Lipinski definition) is 3. The van der Waals surface area contributed by atoms with Crippen molar-refractivity contribution in [1.82, 2.24) is 5.32 Å². The van der Waals surface area contributed by atoms with Crippen molar-refractivity contribution in [1.29, 1.82) is 0 Å². The van der Waals surface area contributed by atoms with Gasteiger partial charge in [0.25, 0.3) is 11.6 Å². The second-order valence-corrected chi connectivity index (χ2v) is 5.85. The number of carbonyl (C=O) groups excluding carboxylic acids is 1. The first-order valence-electron chi connectivity index (χ1n) is 8.31. The highest BCUT2D eigenvalue weighted by Crippen LogP contribution is 2.27. The van der Waals surface area contributed by atoms with Crippen molar-refractivity contribution in [2.24, 2.45) is 0 Å². The van der Waals surface area contributed by atoms with Crippen LogP contribution in [0.15, 0.2) is 42.5 Å². The van der Waals surface area contributed by atoms with Gasteiger partial charge in [-0.25, -0.2) is 0 Å². The van der Waals surface area contributed by atoms with Gasteiger partial charge in [0, 0.05) is 24.3 Å². The highest BCUT2D eigenvalue weighted by atomic mass is 32.1. The van der Waals surface area contributed by atoms with E-state index in [1.807, 2.05) is 6.92 Å². The Hall–Kier alpha value is -3.24. The van der Waals surface area contributed by atoms with Gasteiger partial charge in [-0.2, -0.15) is 0 Å². The molecule has 0 radical (unpaired) electrons. The molecule has 0 spiro atoms. The molecule has 3 N–H and O–H groups in total. The fraction of sp³-hybridized carbons (Fsp3) is 0.222. The van der Waals surface area contributed by atoms with E-state index in [0.29, 0.717) is 31.1 Å². The number of nitro benzene ring substituents is 1. The van der Waals surface area contributed by atoms with Crippen molar-refractivity contribution in [2.45, 2.75) is 6.92 Å². The second kappa shape index (κ2) is 10.2. The van der Waals surface area contributed by atoms with Crippen molar-refractivity contribution in [2.75, 3.05) is 25.1 Å². The van der Waals surface area contributed by atoms with E-state index >= 15 is 0 Å². The highest BCUT2D eigenvalue weighted by Gasteiger charge is 2.13. The summed E-state index contributed by atoms with van der Waals surface area (Å²) < 4.78 is 10.7. The summed E-state index contributed by atoms with van der Waals surface area (Å²) in [6.07, 6.45) is 0. The molecule has 0 aromatic heterocycles. The summed E-state index contributed by atoms with van der Waals surface area (Å²) in [5, 5.41) is 25.5. The van der Waals surface area contributed by atoms with Crippen LogP contribution in [0.4, 0.5) is 11.4 Å². The van der Waals surface area contributed by atoms with E-state index in [4.69, 9.17) is 21.7 Å². The molecule has 0 saturated heterocycles. The lowest BCUT2D eigenvalue weighted by Crippen LogP contribution is -2.34. The zero-order chi connectivity index (χ0) is 20.5. The Bertz CT molecular complexity index is 874. The lowest BCUT2D eigenvalue weighted by Gasteiger charge is -2.11. The van der Waals surface area contributed by atoms with Crippen LogP contribution in [0, 0.1) is 10.1 Å². The van der Waals surface area contributed by atoms with Crippen LogP contribution in [0.3, 0.4) is 0 Å². The molecule has 28 heavy (non-hydrogen) atoms. The van der Waals surface area contributed by atoms with Crippen molar-refractivity contribution in [3.8, 4) is 11.5 Å². The maximum absolute atomic E-state index is 12.3. The molecule has 0 unspecified atom stereocenters. The molecule has 9 nitrogen and oxygen atoms in total. The minimum atomic E-state index is -0.608. The fourth-order valence-corrected chi connectivity index (χ4v) is 2.36. The fourth-order valence-electron chi connectivity index (χ4n) is 2.16. The van der Waals surface area contributed by atoms with Crippen molar-refractivity contribution in [3.05, 3.63) is 58.1 Å². The van der Waals surface area contributed by atoms with Crippen molar-refractivity contribution < 1.29 is 24.3 Å². The van der Waals surface area contributed by atoms with Gasteiger partial charge in [0.05, 0.1) is 17.2 Å². The van der Waals surface area contributed by atoms with Gasteiger partial charge in [0.2, 0.25) is 0 Å². The lowest BCUT2D eigenvalue weighted by atomic mass is 10.2. The lowest BCUT2D eigenvalue weighted by molar-refractivity contribution is -0.384.